The molecular weight excluding hydrogens is 748 g/mol. The second-order valence-electron chi connectivity index (χ2n) is 13.5. The van der Waals surface area contributed by atoms with Crippen LogP contribution in [0.25, 0.3) is 0 Å². The lowest BCUT2D eigenvalue weighted by molar-refractivity contribution is -0.209. The standard InChI is InChI=1S/C40H43Cl4NO7/c1-40(2,3)51-39(46)52-45-22-36(49-25-28-16-31(41)20-32(42)17-28)38(37(23-45)50-26-29-18-33(43)21-34(44)19-29)30-10-12-35(13-11-30)48-15-7-14-47-24-27-8-5-4-6-9-27/h4-6,8-13,16-21,36-38H,7,14-15,22-26H2,1-3H3/t36-,37+,38-. The summed E-state index contributed by atoms with van der Waals surface area (Å²) in [6.45, 7) is 7.87. The van der Waals surface area contributed by atoms with Crippen LogP contribution in [0.4, 0.5) is 4.79 Å². The SMILES string of the molecule is CC(C)(C)OC(=O)ON1C[C@H](OCc2cc(Cl)cc(Cl)c2)[C@H](c2ccc(OCCCOCc3ccccc3)cc2)[C@H](OCc2cc(Cl)cc(Cl)c2)C1. The molecular formula is C40H43Cl4NO7. The fourth-order valence-corrected chi connectivity index (χ4v) is 6.97. The van der Waals surface area contributed by atoms with Crippen LogP contribution in [0.5, 0.6) is 5.75 Å². The lowest BCUT2D eigenvalue weighted by Crippen LogP contribution is -2.53. The molecule has 0 aromatic heterocycles. The smallest absolute Gasteiger partial charge is 0.494 e. The van der Waals surface area contributed by atoms with E-state index in [1.807, 2.05) is 54.6 Å². The Hall–Kier alpha value is -3.05. The molecule has 0 saturated carbocycles. The topological polar surface area (TPSA) is 75.7 Å². The molecule has 1 aliphatic rings. The summed E-state index contributed by atoms with van der Waals surface area (Å²) >= 11 is 25.2. The second kappa shape index (κ2) is 19.3. The molecule has 0 aliphatic carbocycles. The minimum Gasteiger partial charge on any atom is -0.494 e. The van der Waals surface area contributed by atoms with E-state index in [0.29, 0.717) is 39.9 Å². The Morgan fingerprint density at radius 1 is 0.692 bits per heavy atom. The first-order valence-corrected chi connectivity index (χ1v) is 18.5. The van der Waals surface area contributed by atoms with Crippen LogP contribution >= 0.6 is 46.4 Å². The molecule has 12 heteroatoms. The van der Waals surface area contributed by atoms with E-state index in [1.54, 1.807) is 57.2 Å². The van der Waals surface area contributed by atoms with E-state index in [0.717, 1.165) is 34.4 Å². The number of ether oxygens (including phenoxy) is 5. The van der Waals surface area contributed by atoms with E-state index >= 15 is 0 Å². The van der Waals surface area contributed by atoms with Crippen LogP contribution in [0, 0.1) is 0 Å². The highest BCUT2D eigenvalue weighted by Gasteiger charge is 2.41. The summed E-state index contributed by atoms with van der Waals surface area (Å²) in [6, 6.07) is 28.5. The Kier molecular flexibility index (Phi) is 14.9. The second-order valence-corrected chi connectivity index (χ2v) is 15.2. The Morgan fingerprint density at radius 2 is 1.23 bits per heavy atom. The van der Waals surface area contributed by atoms with Gasteiger partial charge in [-0.2, -0.15) is 0 Å². The number of carbonyl (C=O) groups is 1. The number of benzene rings is 4. The Morgan fingerprint density at radius 3 is 1.75 bits per heavy atom. The maximum absolute atomic E-state index is 12.8. The van der Waals surface area contributed by atoms with E-state index in [2.05, 4.69) is 0 Å². The van der Waals surface area contributed by atoms with E-state index in [-0.39, 0.29) is 32.2 Å². The number of halogens is 4. The Labute approximate surface area is 325 Å². The van der Waals surface area contributed by atoms with Gasteiger partial charge < -0.3 is 28.5 Å². The van der Waals surface area contributed by atoms with Gasteiger partial charge in [0.2, 0.25) is 0 Å². The predicted molar refractivity (Wildman–Crippen MR) is 204 cm³/mol. The van der Waals surface area contributed by atoms with Crippen LogP contribution in [-0.2, 0) is 43.6 Å². The Balaban J connectivity index is 1.33. The van der Waals surface area contributed by atoms with Crippen molar-refractivity contribution >= 4 is 52.6 Å². The van der Waals surface area contributed by atoms with Gasteiger partial charge in [0.1, 0.15) is 11.4 Å². The molecule has 0 radical (unpaired) electrons. The summed E-state index contributed by atoms with van der Waals surface area (Å²) in [6.07, 6.45) is -1.08. The highest BCUT2D eigenvalue weighted by atomic mass is 35.5. The van der Waals surface area contributed by atoms with Crippen molar-refractivity contribution in [2.24, 2.45) is 0 Å². The van der Waals surface area contributed by atoms with Crippen LogP contribution in [0.3, 0.4) is 0 Å². The van der Waals surface area contributed by atoms with E-state index < -0.39 is 24.0 Å². The molecule has 8 nitrogen and oxygen atoms in total. The highest BCUT2D eigenvalue weighted by molar-refractivity contribution is 6.35. The summed E-state index contributed by atoms with van der Waals surface area (Å²) in [5, 5.41) is 3.52. The molecule has 0 bridgehead atoms. The Bertz CT molecular complexity index is 1630. The average molecular weight is 792 g/mol. The van der Waals surface area contributed by atoms with Crippen molar-refractivity contribution in [3.63, 3.8) is 0 Å². The molecule has 4 aromatic rings. The summed E-state index contributed by atoms with van der Waals surface area (Å²) in [7, 11) is 0. The number of rotatable bonds is 15. The van der Waals surface area contributed by atoms with Gasteiger partial charge in [0, 0.05) is 32.4 Å². The molecule has 1 aliphatic heterocycles. The monoisotopic (exact) mass is 789 g/mol. The number of hydrogen-bond acceptors (Lipinski definition) is 8. The number of nitrogens with zero attached hydrogens (tertiary/aromatic N) is 1. The summed E-state index contributed by atoms with van der Waals surface area (Å²) in [5.41, 5.74) is 2.95. The predicted octanol–water partition coefficient (Wildman–Crippen LogP) is 10.7. The van der Waals surface area contributed by atoms with Crippen LogP contribution in [0.15, 0.2) is 91.0 Å². The van der Waals surface area contributed by atoms with Gasteiger partial charge in [-0.05, 0) is 91.6 Å². The quantitative estimate of drug-likeness (QED) is 0.0870. The minimum absolute atomic E-state index is 0.200. The zero-order valence-corrected chi connectivity index (χ0v) is 32.4. The largest absolute Gasteiger partial charge is 0.528 e. The maximum atomic E-state index is 12.8. The fourth-order valence-electron chi connectivity index (χ4n) is 5.83. The van der Waals surface area contributed by atoms with Gasteiger partial charge in [-0.1, -0.05) is 88.9 Å². The van der Waals surface area contributed by atoms with E-state index in [4.69, 9.17) is 74.9 Å². The van der Waals surface area contributed by atoms with Gasteiger partial charge in [0.25, 0.3) is 0 Å². The number of carbonyl (C=O) groups excluding carboxylic acids is 1. The van der Waals surface area contributed by atoms with Crippen molar-refractivity contribution in [3.8, 4) is 5.75 Å². The zero-order valence-electron chi connectivity index (χ0n) is 29.4. The molecule has 0 N–H and O–H groups in total. The van der Waals surface area contributed by atoms with Gasteiger partial charge in [-0.15, -0.1) is 5.06 Å². The van der Waals surface area contributed by atoms with Crippen molar-refractivity contribution in [3.05, 3.63) is 133 Å². The van der Waals surface area contributed by atoms with Crippen molar-refractivity contribution in [1.82, 2.24) is 5.06 Å². The van der Waals surface area contributed by atoms with Gasteiger partial charge >= 0.3 is 6.16 Å². The van der Waals surface area contributed by atoms with Crippen molar-refractivity contribution in [2.75, 3.05) is 26.3 Å². The number of hydrogen-bond donors (Lipinski definition) is 0. The number of hydroxylamine groups is 2. The fraction of sp³-hybridized carbons (Fsp3) is 0.375. The van der Waals surface area contributed by atoms with Crippen LogP contribution in [0.1, 0.15) is 55.4 Å². The molecule has 1 heterocycles. The minimum atomic E-state index is -0.821. The van der Waals surface area contributed by atoms with Crippen molar-refractivity contribution in [1.29, 1.82) is 0 Å². The maximum Gasteiger partial charge on any atom is 0.528 e. The molecule has 52 heavy (non-hydrogen) atoms. The lowest BCUT2D eigenvalue weighted by Gasteiger charge is -2.42. The first-order valence-electron chi connectivity index (χ1n) is 17.0. The molecule has 0 unspecified atom stereocenters. The number of piperidine rings is 1. The van der Waals surface area contributed by atoms with E-state index in [1.165, 1.54) is 5.06 Å². The zero-order chi connectivity index (χ0) is 37.1. The third kappa shape index (κ3) is 13.1. The van der Waals surface area contributed by atoms with Gasteiger partial charge in [-0.25, -0.2) is 4.79 Å². The molecule has 5 rings (SSSR count). The molecule has 4 aromatic carbocycles. The van der Waals surface area contributed by atoms with E-state index in [9.17, 15) is 4.79 Å². The van der Waals surface area contributed by atoms with Gasteiger partial charge in [0.05, 0.1) is 58.3 Å². The van der Waals surface area contributed by atoms with Crippen LogP contribution < -0.4 is 4.74 Å². The third-order valence-corrected chi connectivity index (χ3v) is 8.89. The molecule has 1 fully saturated rings. The molecule has 1 saturated heterocycles. The van der Waals surface area contributed by atoms with Gasteiger partial charge in [-0.3, -0.25) is 0 Å². The summed E-state index contributed by atoms with van der Waals surface area (Å²) in [5.74, 6) is 0.442. The first kappa shape index (κ1) is 40.1. The highest BCUT2D eigenvalue weighted by Crippen LogP contribution is 2.36. The third-order valence-electron chi connectivity index (χ3n) is 8.01. The molecule has 278 valence electrons. The van der Waals surface area contributed by atoms with Crippen molar-refractivity contribution < 1.29 is 33.3 Å². The van der Waals surface area contributed by atoms with Crippen molar-refractivity contribution in [2.45, 2.75) is 70.7 Å². The summed E-state index contributed by atoms with van der Waals surface area (Å²) < 4.78 is 30.5. The van der Waals surface area contributed by atoms with Crippen LogP contribution in [-0.4, -0.2) is 55.3 Å². The molecule has 3 atom stereocenters. The summed E-state index contributed by atoms with van der Waals surface area (Å²) in [4.78, 5) is 18.5. The lowest BCUT2D eigenvalue weighted by atomic mass is 9.85. The van der Waals surface area contributed by atoms with Gasteiger partial charge in [0.15, 0.2) is 0 Å². The molecule has 0 amide bonds. The normalized spacial score (nSPS) is 17.9. The first-order chi connectivity index (χ1) is 24.9. The molecule has 0 spiro atoms. The van der Waals surface area contributed by atoms with Crippen LogP contribution in [0.2, 0.25) is 20.1 Å². The average Bonchev–Trinajstić information content (AvgIpc) is 3.07.